The molecule has 5 bridgehead atoms. The molecule has 2 N–H and O–H groups in total. The Morgan fingerprint density at radius 1 is 1.10 bits per heavy atom. The zero-order valence-electron chi connectivity index (χ0n) is 24.3. The van der Waals surface area contributed by atoms with E-state index in [1.807, 2.05) is 42.5 Å². The minimum atomic E-state index is -1.32. The van der Waals surface area contributed by atoms with Crippen molar-refractivity contribution in [3.05, 3.63) is 60.2 Å². The standard InChI is InChI=1S/C32H41N3O7/c1-3-4-10-17-34-18-11-6-9-14-25(37)41-20-23(22-12-7-5-8-13-22)33-29(38)26-24-15-16-32(42-24)27(26)30(39)35(21(2)19-36)28(32)31(34)40/h5-8,11-13,15-16,21,23-24,26-28,36H,3-4,9-10,14,17-20H2,1-2H3,(H,33,38)/b11-6-/t21-,23+,24+,26-,27-,28+,32-/m1/s1. The van der Waals surface area contributed by atoms with Crippen LogP contribution in [-0.2, 0) is 28.7 Å². The number of hydrogen-bond donors (Lipinski definition) is 2. The van der Waals surface area contributed by atoms with E-state index in [1.165, 1.54) is 4.90 Å². The first kappa shape index (κ1) is 30.0. The summed E-state index contributed by atoms with van der Waals surface area (Å²) < 4.78 is 12.0. The van der Waals surface area contributed by atoms with Gasteiger partial charge in [-0.15, -0.1) is 0 Å². The van der Waals surface area contributed by atoms with Crippen LogP contribution in [0.4, 0.5) is 0 Å². The maximum Gasteiger partial charge on any atom is 0.306 e. The first-order chi connectivity index (χ1) is 20.3. The van der Waals surface area contributed by atoms with Gasteiger partial charge < -0.3 is 29.7 Å². The van der Waals surface area contributed by atoms with E-state index < -0.39 is 47.6 Å². The van der Waals surface area contributed by atoms with E-state index in [0.717, 1.165) is 24.8 Å². The fourth-order valence-electron chi connectivity index (χ4n) is 6.71. The molecule has 10 heteroatoms. The lowest BCUT2D eigenvalue weighted by atomic mass is 9.74. The third-order valence-corrected chi connectivity index (χ3v) is 8.87. The second kappa shape index (κ2) is 12.8. The van der Waals surface area contributed by atoms with E-state index in [4.69, 9.17) is 9.47 Å². The molecule has 7 atom stereocenters. The Hall–Kier alpha value is -3.50. The zero-order chi connectivity index (χ0) is 29.9. The van der Waals surface area contributed by atoms with Gasteiger partial charge in [-0.25, -0.2) is 0 Å². The topological polar surface area (TPSA) is 125 Å². The predicted molar refractivity (Wildman–Crippen MR) is 154 cm³/mol. The quantitative estimate of drug-likeness (QED) is 0.289. The zero-order valence-corrected chi connectivity index (χ0v) is 24.3. The van der Waals surface area contributed by atoms with Crippen molar-refractivity contribution in [2.24, 2.45) is 11.8 Å². The molecule has 2 saturated heterocycles. The highest BCUT2D eigenvalue weighted by atomic mass is 16.5. The van der Waals surface area contributed by atoms with E-state index in [9.17, 15) is 24.3 Å². The highest BCUT2D eigenvalue weighted by Crippen LogP contribution is 2.56. The van der Waals surface area contributed by atoms with Crippen LogP contribution in [0.2, 0.25) is 0 Å². The lowest BCUT2D eigenvalue weighted by Crippen LogP contribution is -2.58. The second-order valence-corrected chi connectivity index (χ2v) is 11.6. The SMILES string of the molecule is CCCCCN1C/C=C\CCC(=O)OC[C@@H](c2ccccc2)NC(=O)[C@@H]2[C@@H]3C=C[C@]4(O3)[C@H](C1=O)N([C@H](C)CO)C(=O)[C@@H]24. The number of carbonyl (C=O) groups excluding carboxylic acids is 4. The Balaban J connectivity index is 1.54. The van der Waals surface area contributed by atoms with Gasteiger partial charge in [0, 0.05) is 19.5 Å². The van der Waals surface area contributed by atoms with Crippen LogP contribution in [0, 0.1) is 11.8 Å². The molecule has 1 aromatic rings. The van der Waals surface area contributed by atoms with Gasteiger partial charge in [0.05, 0.1) is 36.6 Å². The van der Waals surface area contributed by atoms with Crippen molar-refractivity contribution in [2.75, 3.05) is 26.3 Å². The second-order valence-electron chi connectivity index (χ2n) is 11.6. The highest BCUT2D eigenvalue weighted by Gasteiger charge is 2.73. The van der Waals surface area contributed by atoms with Gasteiger partial charge in [-0.2, -0.15) is 0 Å². The molecule has 0 aromatic heterocycles. The molecule has 42 heavy (non-hydrogen) atoms. The third-order valence-electron chi connectivity index (χ3n) is 8.87. The van der Waals surface area contributed by atoms with Crippen LogP contribution in [0.1, 0.15) is 57.6 Å². The number of fused-ring (bicyclic) bond motifs is 2. The summed E-state index contributed by atoms with van der Waals surface area (Å²) in [5.74, 6) is -3.27. The fourth-order valence-corrected chi connectivity index (χ4v) is 6.71. The molecule has 226 valence electrons. The number of aliphatic hydroxyl groups excluding tert-OH is 1. The molecule has 4 aliphatic heterocycles. The van der Waals surface area contributed by atoms with Crippen molar-refractivity contribution in [1.82, 2.24) is 15.1 Å². The van der Waals surface area contributed by atoms with Gasteiger partial charge in [-0.05, 0) is 25.3 Å². The number of likely N-dealkylation sites (tertiary alicyclic amines) is 1. The van der Waals surface area contributed by atoms with E-state index in [2.05, 4.69) is 12.2 Å². The van der Waals surface area contributed by atoms with Crippen LogP contribution in [-0.4, -0.2) is 88.7 Å². The van der Waals surface area contributed by atoms with E-state index in [1.54, 1.807) is 24.0 Å². The van der Waals surface area contributed by atoms with Crippen LogP contribution in [0.5, 0.6) is 0 Å². The number of cyclic esters (lactones) is 1. The Labute approximate surface area is 246 Å². The molecule has 5 rings (SSSR count). The fraction of sp³-hybridized carbons (Fsp3) is 0.562. The summed E-state index contributed by atoms with van der Waals surface area (Å²) in [6.45, 7) is 4.19. The summed E-state index contributed by atoms with van der Waals surface area (Å²) in [7, 11) is 0. The molecule has 0 unspecified atom stereocenters. The lowest BCUT2D eigenvalue weighted by Gasteiger charge is -2.37. The molecule has 3 amide bonds. The van der Waals surface area contributed by atoms with Crippen LogP contribution in [0.25, 0.3) is 0 Å². The normalized spacial score (nSPS) is 33.0. The minimum Gasteiger partial charge on any atom is -0.463 e. The van der Waals surface area contributed by atoms with Crippen molar-refractivity contribution in [2.45, 2.75) is 75.8 Å². The van der Waals surface area contributed by atoms with E-state index in [-0.39, 0.29) is 37.4 Å². The van der Waals surface area contributed by atoms with E-state index >= 15 is 0 Å². The predicted octanol–water partition coefficient (Wildman–Crippen LogP) is 2.29. The molecule has 4 aliphatic rings. The molecule has 0 saturated carbocycles. The summed E-state index contributed by atoms with van der Waals surface area (Å²) in [6.07, 6.45) is 9.91. The Morgan fingerprint density at radius 2 is 1.88 bits per heavy atom. The Bertz CT molecular complexity index is 1230. The van der Waals surface area contributed by atoms with Gasteiger partial charge in [-0.1, -0.05) is 74.4 Å². The number of rotatable bonds is 7. The molecule has 10 nitrogen and oxygen atoms in total. The van der Waals surface area contributed by atoms with Crippen molar-refractivity contribution in [3.63, 3.8) is 0 Å². The number of benzene rings is 1. The molecule has 1 spiro atoms. The summed E-state index contributed by atoms with van der Waals surface area (Å²) in [5.41, 5.74) is -0.561. The Kier molecular flexibility index (Phi) is 9.13. The first-order valence-electron chi connectivity index (χ1n) is 15.1. The van der Waals surface area contributed by atoms with Gasteiger partial charge in [0.25, 0.3) is 0 Å². The number of unbranched alkanes of at least 4 members (excludes halogenated alkanes) is 2. The maximum absolute atomic E-state index is 14.4. The van der Waals surface area contributed by atoms with E-state index in [0.29, 0.717) is 19.5 Å². The number of carbonyl (C=O) groups is 4. The number of amides is 3. The number of aliphatic hydroxyl groups is 1. The number of nitrogens with zero attached hydrogens (tertiary/aromatic N) is 2. The van der Waals surface area contributed by atoms with Crippen molar-refractivity contribution in [3.8, 4) is 0 Å². The third kappa shape index (κ3) is 5.49. The first-order valence-corrected chi connectivity index (χ1v) is 15.1. The monoisotopic (exact) mass is 579 g/mol. The maximum atomic E-state index is 14.4. The largest absolute Gasteiger partial charge is 0.463 e. The summed E-state index contributed by atoms with van der Waals surface area (Å²) in [6, 6.07) is 6.92. The van der Waals surface area contributed by atoms with Gasteiger partial charge in [0.1, 0.15) is 18.2 Å². The van der Waals surface area contributed by atoms with Crippen LogP contribution in [0.3, 0.4) is 0 Å². The minimum absolute atomic E-state index is 0.0594. The number of nitrogens with one attached hydrogen (secondary N) is 1. The molecule has 2 fully saturated rings. The summed E-state index contributed by atoms with van der Waals surface area (Å²) >= 11 is 0. The van der Waals surface area contributed by atoms with Crippen molar-refractivity contribution < 1.29 is 33.8 Å². The highest BCUT2D eigenvalue weighted by molar-refractivity contribution is 6.00. The molecular formula is C32H41N3O7. The summed E-state index contributed by atoms with van der Waals surface area (Å²) in [5, 5.41) is 13.1. The number of allylic oxidation sites excluding steroid dienone is 1. The summed E-state index contributed by atoms with van der Waals surface area (Å²) in [4.78, 5) is 58.2. The van der Waals surface area contributed by atoms with Gasteiger partial charge in [0.2, 0.25) is 17.7 Å². The average Bonchev–Trinajstić information content (AvgIpc) is 3.64. The Morgan fingerprint density at radius 3 is 2.62 bits per heavy atom. The molecular weight excluding hydrogens is 538 g/mol. The van der Waals surface area contributed by atoms with Gasteiger partial charge in [-0.3, -0.25) is 19.2 Å². The van der Waals surface area contributed by atoms with Gasteiger partial charge >= 0.3 is 5.97 Å². The van der Waals surface area contributed by atoms with Gasteiger partial charge in [0.15, 0.2) is 0 Å². The van der Waals surface area contributed by atoms with Crippen LogP contribution >= 0.6 is 0 Å². The number of ether oxygens (including phenoxy) is 2. The number of esters is 1. The van der Waals surface area contributed by atoms with Crippen molar-refractivity contribution in [1.29, 1.82) is 0 Å². The molecule has 4 heterocycles. The van der Waals surface area contributed by atoms with Crippen LogP contribution < -0.4 is 5.32 Å². The number of hydrogen-bond acceptors (Lipinski definition) is 7. The van der Waals surface area contributed by atoms with Crippen molar-refractivity contribution >= 4 is 23.7 Å². The molecule has 0 radical (unpaired) electrons. The molecule has 0 aliphatic carbocycles. The van der Waals surface area contributed by atoms with Crippen LogP contribution in [0.15, 0.2) is 54.6 Å². The lowest BCUT2D eigenvalue weighted by molar-refractivity contribution is -0.150. The average molecular weight is 580 g/mol. The molecule has 1 aromatic carbocycles. The smallest absolute Gasteiger partial charge is 0.306 e.